The van der Waals surface area contributed by atoms with Crippen molar-refractivity contribution < 1.29 is 24.1 Å². The number of carboxylic acid groups (broad SMARTS) is 1. The van der Waals surface area contributed by atoms with Gasteiger partial charge in [-0.3, -0.25) is 4.79 Å². The Hall–Kier alpha value is -2.69. The van der Waals surface area contributed by atoms with Gasteiger partial charge in [0.25, 0.3) is 0 Å². The first-order valence-electron chi connectivity index (χ1n) is 7.98. The van der Waals surface area contributed by atoms with Gasteiger partial charge in [0.1, 0.15) is 19.0 Å². The molecule has 2 aromatic carbocycles. The van der Waals surface area contributed by atoms with Crippen LogP contribution in [0.25, 0.3) is 0 Å². The van der Waals surface area contributed by atoms with Crippen LogP contribution in [0.3, 0.4) is 0 Å². The van der Waals surface area contributed by atoms with Crippen LogP contribution in [0.4, 0.5) is 0 Å². The molecule has 0 amide bonds. The Morgan fingerprint density at radius 1 is 0.875 bits per heavy atom. The molecule has 0 bridgehead atoms. The van der Waals surface area contributed by atoms with E-state index < -0.39 is 5.97 Å². The molecule has 2 rings (SSSR count). The summed E-state index contributed by atoms with van der Waals surface area (Å²) in [6.45, 7) is 3.24. The molecule has 0 heterocycles. The third-order valence-corrected chi connectivity index (χ3v) is 3.33. The highest BCUT2D eigenvalue weighted by Crippen LogP contribution is 2.26. The van der Waals surface area contributed by atoms with E-state index in [4.69, 9.17) is 19.3 Å². The van der Waals surface area contributed by atoms with Crippen LogP contribution in [-0.4, -0.2) is 30.9 Å². The Morgan fingerprint density at radius 3 is 2.04 bits per heavy atom. The molecule has 5 nitrogen and oxygen atoms in total. The van der Waals surface area contributed by atoms with Gasteiger partial charge < -0.3 is 19.3 Å². The molecule has 2 aromatic rings. The van der Waals surface area contributed by atoms with Gasteiger partial charge in [-0.15, -0.1) is 0 Å². The largest absolute Gasteiger partial charge is 0.490 e. The van der Waals surface area contributed by atoms with E-state index in [9.17, 15) is 4.79 Å². The number of rotatable bonds is 10. The van der Waals surface area contributed by atoms with Gasteiger partial charge in [0.15, 0.2) is 11.5 Å². The zero-order chi connectivity index (χ0) is 17.2. The number of hydrogen-bond acceptors (Lipinski definition) is 4. The van der Waals surface area contributed by atoms with E-state index >= 15 is 0 Å². The number of para-hydroxylation sites is 3. The van der Waals surface area contributed by atoms with E-state index in [1.165, 1.54) is 0 Å². The molecule has 24 heavy (non-hydrogen) atoms. The maximum absolute atomic E-state index is 10.7. The molecule has 0 unspecified atom stereocenters. The molecule has 0 spiro atoms. The Bertz CT molecular complexity index is 654. The average Bonchev–Trinajstić information content (AvgIpc) is 2.59. The molecule has 0 radical (unpaired) electrons. The van der Waals surface area contributed by atoms with Gasteiger partial charge >= 0.3 is 5.97 Å². The van der Waals surface area contributed by atoms with Gasteiger partial charge in [0, 0.05) is 6.42 Å². The molecular formula is C19H22O5. The van der Waals surface area contributed by atoms with Gasteiger partial charge in [0.05, 0.1) is 6.61 Å². The van der Waals surface area contributed by atoms with Crippen LogP contribution in [0.1, 0.15) is 18.9 Å². The minimum Gasteiger partial charge on any atom is -0.490 e. The van der Waals surface area contributed by atoms with Gasteiger partial charge in [-0.05, 0) is 37.1 Å². The SMILES string of the molecule is CCOc1ccccc1OCCOc1ccccc1CCC(=O)O. The van der Waals surface area contributed by atoms with Gasteiger partial charge in [-0.25, -0.2) is 0 Å². The summed E-state index contributed by atoms with van der Waals surface area (Å²) in [6, 6.07) is 15.0. The number of aliphatic carboxylic acids is 1. The molecule has 128 valence electrons. The topological polar surface area (TPSA) is 65.0 Å². The highest BCUT2D eigenvalue weighted by molar-refractivity contribution is 5.67. The second kappa shape index (κ2) is 9.45. The van der Waals surface area contributed by atoms with Crippen LogP contribution in [-0.2, 0) is 11.2 Å². The molecule has 0 aliphatic carbocycles. The van der Waals surface area contributed by atoms with Crippen molar-refractivity contribution in [1.82, 2.24) is 0 Å². The second-order valence-corrected chi connectivity index (χ2v) is 5.08. The number of ether oxygens (including phenoxy) is 3. The minimum atomic E-state index is -0.819. The fourth-order valence-corrected chi connectivity index (χ4v) is 2.24. The normalized spacial score (nSPS) is 10.2. The number of carbonyl (C=O) groups is 1. The summed E-state index contributed by atoms with van der Waals surface area (Å²) in [5.74, 6) is 1.27. The highest BCUT2D eigenvalue weighted by atomic mass is 16.5. The number of carboxylic acids is 1. The minimum absolute atomic E-state index is 0.0819. The zero-order valence-electron chi connectivity index (χ0n) is 13.7. The van der Waals surface area contributed by atoms with E-state index in [1.807, 2.05) is 55.5 Å². The summed E-state index contributed by atoms with van der Waals surface area (Å²) < 4.78 is 16.9. The summed E-state index contributed by atoms with van der Waals surface area (Å²) >= 11 is 0. The summed E-state index contributed by atoms with van der Waals surface area (Å²) in [5, 5.41) is 8.80. The lowest BCUT2D eigenvalue weighted by molar-refractivity contribution is -0.136. The smallest absolute Gasteiger partial charge is 0.303 e. The lowest BCUT2D eigenvalue weighted by Gasteiger charge is -2.13. The van der Waals surface area contributed by atoms with E-state index in [1.54, 1.807) is 0 Å². The van der Waals surface area contributed by atoms with Crippen LogP contribution >= 0.6 is 0 Å². The van der Waals surface area contributed by atoms with Crippen LogP contribution < -0.4 is 14.2 Å². The van der Waals surface area contributed by atoms with E-state index in [0.717, 1.165) is 5.56 Å². The molecule has 0 aliphatic rings. The lowest BCUT2D eigenvalue weighted by atomic mass is 10.1. The predicted octanol–water partition coefficient (Wildman–Crippen LogP) is 3.56. The fourth-order valence-electron chi connectivity index (χ4n) is 2.24. The van der Waals surface area contributed by atoms with Crippen LogP contribution in [0.2, 0.25) is 0 Å². The molecule has 0 fully saturated rings. The molecule has 0 atom stereocenters. The first-order chi connectivity index (χ1) is 11.7. The fraction of sp³-hybridized carbons (Fsp3) is 0.316. The molecule has 0 saturated carbocycles. The quantitative estimate of drug-likeness (QED) is 0.675. The Labute approximate surface area is 141 Å². The zero-order valence-corrected chi connectivity index (χ0v) is 13.7. The van der Waals surface area contributed by atoms with Crippen molar-refractivity contribution in [3.05, 3.63) is 54.1 Å². The first-order valence-corrected chi connectivity index (χ1v) is 7.98. The van der Waals surface area contributed by atoms with Crippen molar-refractivity contribution in [2.45, 2.75) is 19.8 Å². The summed E-state index contributed by atoms with van der Waals surface area (Å²) in [4.78, 5) is 10.7. The predicted molar refractivity (Wildman–Crippen MR) is 91.0 cm³/mol. The summed E-state index contributed by atoms with van der Waals surface area (Å²) in [6.07, 6.45) is 0.526. The summed E-state index contributed by atoms with van der Waals surface area (Å²) in [5.41, 5.74) is 0.884. The van der Waals surface area contributed by atoms with Crippen LogP contribution in [0.5, 0.6) is 17.2 Å². The van der Waals surface area contributed by atoms with E-state index in [-0.39, 0.29) is 6.42 Å². The Morgan fingerprint density at radius 2 is 1.42 bits per heavy atom. The van der Waals surface area contributed by atoms with Crippen molar-refractivity contribution in [2.75, 3.05) is 19.8 Å². The van der Waals surface area contributed by atoms with E-state index in [0.29, 0.717) is 43.5 Å². The van der Waals surface area contributed by atoms with Crippen molar-refractivity contribution in [1.29, 1.82) is 0 Å². The van der Waals surface area contributed by atoms with Gasteiger partial charge in [-0.1, -0.05) is 30.3 Å². The average molecular weight is 330 g/mol. The third kappa shape index (κ3) is 5.50. The lowest BCUT2D eigenvalue weighted by Crippen LogP contribution is -2.11. The Balaban J connectivity index is 1.85. The van der Waals surface area contributed by atoms with Crippen LogP contribution in [0.15, 0.2) is 48.5 Å². The number of benzene rings is 2. The molecule has 1 N–H and O–H groups in total. The van der Waals surface area contributed by atoms with Crippen molar-refractivity contribution in [2.24, 2.45) is 0 Å². The second-order valence-electron chi connectivity index (χ2n) is 5.08. The standard InChI is InChI=1S/C19H22O5/c1-2-22-17-9-5-6-10-18(17)24-14-13-23-16-8-4-3-7-15(16)11-12-19(20)21/h3-10H,2,11-14H2,1H3,(H,20,21). The maximum atomic E-state index is 10.7. The van der Waals surface area contributed by atoms with Crippen molar-refractivity contribution in [3.63, 3.8) is 0 Å². The highest BCUT2D eigenvalue weighted by Gasteiger charge is 2.07. The monoisotopic (exact) mass is 330 g/mol. The molecule has 0 aromatic heterocycles. The molecule has 0 saturated heterocycles. The number of aryl methyl sites for hydroxylation is 1. The van der Waals surface area contributed by atoms with Crippen LogP contribution in [0, 0.1) is 0 Å². The first kappa shape index (κ1) is 17.7. The van der Waals surface area contributed by atoms with Gasteiger partial charge in [0.2, 0.25) is 0 Å². The Kier molecular flexibility index (Phi) is 6.95. The van der Waals surface area contributed by atoms with Crippen molar-refractivity contribution in [3.8, 4) is 17.2 Å². The molecule has 0 aliphatic heterocycles. The van der Waals surface area contributed by atoms with E-state index in [2.05, 4.69) is 0 Å². The van der Waals surface area contributed by atoms with Gasteiger partial charge in [-0.2, -0.15) is 0 Å². The molecule has 5 heteroatoms. The van der Waals surface area contributed by atoms with Crippen molar-refractivity contribution >= 4 is 5.97 Å². The maximum Gasteiger partial charge on any atom is 0.303 e. The molecular weight excluding hydrogens is 308 g/mol. The number of hydrogen-bond donors (Lipinski definition) is 1. The summed E-state index contributed by atoms with van der Waals surface area (Å²) in [7, 11) is 0. The third-order valence-electron chi connectivity index (χ3n) is 3.33.